The molecule has 0 N–H and O–H groups in total. The highest BCUT2D eigenvalue weighted by molar-refractivity contribution is 7.18. The first-order chi connectivity index (χ1) is 14.8. The van der Waals surface area contributed by atoms with Crippen LogP contribution in [0.1, 0.15) is 25.5 Å². The van der Waals surface area contributed by atoms with E-state index in [9.17, 15) is 0 Å². The molecular weight excluding hydrogens is 390 g/mol. The number of hydrazone groups is 1. The Hall–Kier alpha value is -3.38. The maximum absolute atomic E-state index is 4.77. The summed E-state index contributed by atoms with van der Waals surface area (Å²) in [4.78, 5) is 14.5. The highest BCUT2D eigenvalue weighted by atomic mass is 32.1. The maximum atomic E-state index is 4.77. The number of unbranched alkanes of at least 4 members (excludes halogenated alkanes) is 1. The molecule has 4 aromatic rings. The first kappa shape index (κ1) is 19.9. The average Bonchev–Trinajstić information content (AvgIpc) is 3.31. The lowest BCUT2D eigenvalue weighted by Gasteiger charge is -2.18. The molecular formula is C24H23N5S. The first-order valence-electron chi connectivity index (χ1n) is 10.0. The van der Waals surface area contributed by atoms with E-state index >= 15 is 0 Å². The highest BCUT2D eigenvalue weighted by Gasteiger charge is 2.08. The van der Waals surface area contributed by atoms with Crippen molar-refractivity contribution in [1.82, 2.24) is 15.0 Å². The largest absolute Gasteiger partial charge is 0.265 e. The molecule has 0 spiro atoms. The Morgan fingerprint density at radius 1 is 1.00 bits per heavy atom. The van der Waals surface area contributed by atoms with Crippen LogP contribution in [-0.4, -0.2) is 27.7 Å². The lowest BCUT2D eigenvalue weighted by molar-refractivity contribution is 0.741. The number of anilines is 1. The molecule has 5 nitrogen and oxygen atoms in total. The maximum Gasteiger partial charge on any atom is 0.125 e. The molecule has 0 fully saturated rings. The van der Waals surface area contributed by atoms with Crippen molar-refractivity contribution in [3.63, 3.8) is 0 Å². The Morgan fingerprint density at radius 2 is 1.90 bits per heavy atom. The van der Waals surface area contributed by atoms with E-state index in [0.29, 0.717) is 0 Å². The smallest absolute Gasteiger partial charge is 0.125 e. The zero-order chi connectivity index (χ0) is 20.6. The van der Waals surface area contributed by atoms with Gasteiger partial charge in [-0.25, -0.2) is 9.97 Å². The molecule has 0 saturated heterocycles. The number of hydrogen-bond donors (Lipinski definition) is 0. The molecule has 3 aromatic heterocycles. The van der Waals surface area contributed by atoms with E-state index in [2.05, 4.69) is 29.0 Å². The van der Waals surface area contributed by atoms with Gasteiger partial charge in [-0.2, -0.15) is 5.10 Å². The molecule has 0 aliphatic rings. The Morgan fingerprint density at radius 3 is 2.70 bits per heavy atom. The van der Waals surface area contributed by atoms with E-state index in [-0.39, 0.29) is 0 Å². The van der Waals surface area contributed by atoms with Gasteiger partial charge < -0.3 is 0 Å². The zero-order valence-electron chi connectivity index (χ0n) is 16.8. The molecule has 0 unspecified atom stereocenters. The summed E-state index contributed by atoms with van der Waals surface area (Å²) in [6, 6.07) is 20.2. The molecule has 0 amide bonds. The molecule has 6 heteroatoms. The third-order valence-corrected chi connectivity index (χ3v) is 5.61. The first-order valence-corrected chi connectivity index (χ1v) is 10.9. The minimum Gasteiger partial charge on any atom is -0.265 e. The number of pyridine rings is 2. The predicted molar refractivity (Wildman–Crippen MR) is 125 cm³/mol. The summed E-state index contributed by atoms with van der Waals surface area (Å²) in [6.45, 7) is 3.06. The molecule has 150 valence electrons. The van der Waals surface area contributed by atoms with E-state index in [1.54, 1.807) is 17.5 Å². The highest BCUT2D eigenvalue weighted by Crippen LogP contribution is 2.30. The molecule has 0 atom stereocenters. The van der Waals surface area contributed by atoms with E-state index in [4.69, 9.17) is 10.1 Å². The summed E-state index contributed by atoms with van der Waals surface area (Å²) in [5, 5.41) is 7.69. The fourth-order valence-corrected chi connectivity index (χ4v) is 3.84. The number of nitrogens with zero attached hydrogens (tertiary/aromatic N) is 5. The van der Waals surface area contributed by atoms with E-state index in [1.165, 1.54) is 0 Å². The van der Waals surface area contributed by atoms with Crippen molar-refractivity contribution < 1.29 is 0 Å². The lowest BCUT2D eigenvalue weighted by atomic mass is 10.3. The van der Waals surface area contributed by atoms with Crippen LogP contribution in [0.4, 0.5) is 5.69 Å². The van der Waals surface area contributed by atoms with E-state index < -0.39 is 0 Å². The molecule has 0 bridgehead atoms. The second-order valence-electron chi connectivity index (χ2n) is 6.78. The quantitative estimate of drug-likeness (QED) is 0.266. The van der Waals surface area contributed by atoms with Gasteiger partial charge in [-0.15, -0.1) is 11.3 Å². The van der Waals surface area contributed by atoms with Crippen LogP contribution in [0.15, 0.2) is 84.4 Å². The van der Waals surface area contributed by atoms with Crippen molar-refractivity contribution in [3.05, 3.63) is 84.9 Å². The van der Waals surface area contributed by atoms with Gasteiger partial charge in [-0.05, 0) is 42.8 Å². The van der Waals surface area contributed by atoms with Gasteiger partial charge in [0.1, 0.15) is 5.01 Å². The minimum atomic E-state index is 0.821. The number of hydrogen-bond acceptors (Lipinski definition) is 6. The topological polar surface area (TPSA) is 54.3 Å². The van der Waals surface area contributed by atoms with Gasteiger partial charge >= 0.3 is 0 Å². The van der Waals surface area contributed by atoms with Gasteiger partial charge in [0, 0.05) is 30.7 Å². The van der Waals surface area contributed by atoms with E-state index in [1.807, 2.05) is 72.1 Å². The third kappa shape index (κ3) is 4.96. The van der Waals surface area contributed by atoms with Crippen LogP contribution in [0.3, 0.4) is 0 Å². The normalized spacial score (nSPS) is 11.1. The number of thiazole rings is 1. The van der Waals surface area contributed by atoms with Gasteiger partial charge in [0.2, 0.25) is 0 Å². The molecule has 0 radical (unpaired) electrons. The van der Waals surface area contributed by atoms with Crippen molar-refractivity contribution in [2.45, 2.75) is 19.8 Å². The Kier molecular flexibility index (Phi) is 6.57. The van der Waals surface area contributed by atoms with Crippen molar-refractivity contribution in [2.75, 3.05) is 11.6 Å². The summed E-state index contributed by atoms with van der Waals surface area (Å²) in [6.07, 6.45) is 9.49. The van der Waals surface area contributed by atoms with Crippen molar-refractivity contribution in [3.8, 4) is 21.1 Å². The van der Waals surface area contributed by atoms with Crippen LogP contribution in [0.5, 0.6) is 0 Å². The van der Waals surface area contributed by atoms with Crippen LogP contribution in [0, 0.1) is 0 Å². The number of aromatic nitrogens is 3. The molecule has 0 aliphatic heterocycles. The number of benzene rings is 1. The molecule has 0 saturated carbocycles. The Bertz CT molecular complexity index is 1090. The number of rotatable bonds is 8. The standard InChI is InChI=1S/C24H23N5S/c1-2-3-15-29(21-11-5-4-6-12-21)27-17-20-10-7-13-22(28-20)23-18-26-24(30-23)19-9-8-14-25-16-19/h4-14,16-18H,2-3,15H2,1H3/b27-17+. The van der Waals surface area contributed by atoms with Crippen LogP contribution >= 0.6 is 11.3 Å². The molecule has 0 aliphatic carbocycles. The molecule has 1 aromatic carbocycles. The van der Waals surface area contributed by atoms with Gasteiger partial charge in [-0.3, -0.25) is 9.99 Å². The van der Waals surface area contributed by atoms with Gasteiger partial charge in [0.15, 0.2) is 0 Å². The SMILES string of the molecule is CCCCN(/N=C/c1cccc(-c2cnc(-c3cccnc3)s2)n1)c1ccccc1. The van der Waals surface area contributed by atoms with Crippen molar-refractivity contribution in [2.24, 2.45) is 5.10 Å². The van der Waals surface area contributed by atoms with Crippen molar-refractivity contribution in [1.29, 1.82) is 0 Å². The summed E-state index contributed by atoms with van der Waals surface area (Å²) < 4.78 is 0. The second-order valence-corrected chi connectivity index (χ2v) is 7.81. The fourth-order valence-electron chi connectivity index (χ4n) is 2.97. The molecule has 30 heavy (non-hydrogen) atoms. The third-order valence-electron chi connectivity index (χ3n) is 4.54. The van der Waals surface area contributed by atoms with Gasteiger partial charge in [0.25, 0.3) is 0 Å². The van der Waals surface area contributed by atoms with Crippen LogP contribution in [0.25, 0.3) is 21.1 Å². The van der Waals surface area contributed by atoms with Crippen LogP contribution in [-0.2, 0) is 0 Å². The van der Waals surface area contributed by atoms with E-state index in [0.717, 1.165) is 51.9 Å². The van der Waals surface area contributed by atoms with Crippen LogP contribution in [0.2, 0.25) is 0 Å². The summed E-state index contributed by atoms with van der Waals surface area (Å²) in [5.41, 5.74) is 3.82. The Labute approximate surface area is 180 Å². The van der Waals surface area contributed by atoms with Crippen LogP contribution < -0.4 is 5.01 Å². The molecule has 4 rings (SSSR count). The minimum absolute atomic E-state index is 0.821. The van der Waals surface area contributed by atoms with Gasteiger partial charge in [-0.1, -0.05) is 37.6 Å². The number of para-hydroxylation sites is 1. The monoisotopic (exact) mass is 413 g/mol. The van der Waals surface area contributed by atoms with Gasteiger partial charge in [0.05, 0.1) is 28.2 Å². The Balaban J connectivity index is 1.55. The summed E-state index contributed by atoms with van der Waals surface area (Å²) in [5.74, 6) is 0. The lowest BCUT2D eigenvalue weighted by Crippen LogP contribution is -2.18. The van der Waals surface area contributed by atoms with Crippen molar-refractivity contribution >= 4 is 23.2 Å². The predicted octanol–water partition coefficient (Wildman–Crippen LogP) is 5.91. The molecule has 3 heterocycles. The average molecular weight is 414 g/mol. The zero-order valence-corrected chi connectivity index (χ0v) is 17.7. The summed E-state index contributed by atoms with van der Waals surface area (Å²) in [7, 11) is 0. The fraction of sp³-hybridized carbons (Fsp3) is 0.167. The summed E-state index contributed by atoms with van der Waals surface area (Å²) >= 11 is 1.61. The second kappa shape index (κ2) is 9.89.